The Bertz CT molecular complexity index is 617. The molecule has 2 rings (SSSR count). The topological polar surface area (TPSA) is 66.4 Å². The fourth-order valence-corrected chi connectivity index (χ4v) is 5.08. The summed E-state index contributed by atoms with van der Waals surface area (Å²) in [6, 6.07) is 4.83. The maximum absolute atomic E-state index is 12.7. The van der Waals surface area contributed by atoms with Crippen LogP contribution < -0.4 is 4.72 Å². The van der Waals surface area contributed by atoms with Crippen LogP contribution in [0.5, 0.6) is 0 Å². The number of sulfonamides is 1. The van der Waals surface area contributed by atoms with Crippen molar-refractivity contribution in [2.75, 3.05) is 6.61 Å². The Morgan fingerprint density at radius 1 is 1.48 bits per heavy atom. The van der Waals surface area contributed by atoms with E-state index in [0.717, 1.165) is 12.8 Å². The maximum Gasteiger partial charge on any atom is 0.241 e. The number of hydrogen-bond donors (Lipinski definition) is 2. The van der Waals surface area contributed by atoms with Crippen molar-refractivity contribution in [3.63, 3.8) is 0 Å². The molecule has 118 valence electrons. The molecule has 0 radical (unpaired) electrons. The summed E-state index contributed by atoms with van der Waals surface area (Å²) in [7, 11) is -3.70. The van der Waals surface area contributed by atoms with Crippen LogP contribution in [0.1, 0.15) is 38.2 Å². The van der Waals surface area contributed by atoms with Crippen LogP contribution >= 0.6 is 11.6 Å². The molecule has 0 spiro atoms. The van der Waals surface area contributed by atoms with Crippen molar-refractivity contribution in [2.45, 2.75) is 50.0 Å². The van der Waals surface area contributed by atoms with Gasteiger partial charge in [0.1, 0.15) is 0 Å². The monoisotopic (exact) mass is 331 g/mol. The molecular formula is C15H22ClNO3S. The molecule has 2 N–H and O–H groups in total. The largest absolute Gasteiger partial charge is 0.394 e. The quantitative estimate of drug-likeness (QED) is 0.891. The van der Waals surface area contributed by atoms with E-state index in [1.165, 1.54) is 0 Å². The molecule has 6 heteroatoms. The van der Waals surface area contributed by atoms with E-state index >= 15 is 0 Å². The zero-order valence-electron chi connectivity index (χ0n) is 12.4. The summed E-state index contributed by atoms with van der Waals surface area (Å²) in [6.45, 7) is 3.59. The van der Waals surface area contributed by atoms with E-state index in [2.05, 4.69) is 11.6 Å². The first-order valence-corrected chi connectivity index (χ1v) is 9.06. The standard InChI is InChI=1S/C15H22ClNO3S/c1-11-5-4-8-15(9-11,10-18)17-21(19,20)14-7-3-6-13(16)12(14)2/h3,6-7,11,17-18H,4-5,8-10H2,1-2H3. The van der Waals surface area contributed by atoms with E-state index in [1.807, 2.05) is 0 Å². The van der Waals surface area contributed by atoms with Gasteiger partial charge in [-0.3, -0.25) is 0 Å². The number of rotatable bonds is 4. The lowest BCUT2D eigenvalue weighted by atomic mass is 9.78. The van der Waals surface area contributed by atoms with Crippen LogP contribution in [0.25, 0.3) is 0 Å². The second kappa shape index (κ2) is 6.24. The van der Waals surface area contributed by atoms with Gasteiger partial charge >= 0.3 is 0 Å². The number of benzene rings is 1. The van der Waals surface area contributed by atoms with E-state index in [0.29, 0.717) is 29.3 Å². The zero-order chi connectivity index (χ0) is 15.7. The molecule has 1 aromatic carbocycles. The van der Waals surface area contributed by atoms with Crippen LogP contribution in [0.4, 0.5) is 0 Å². The minimum absolute atomic E-state index is 0.182. The van der Waals surface area contributed by atoms with E-state index in [4.69, 9.17) is 11.6 Å². The average Bonchev–Trinajstić information content (AvgIpc) is 2.41. The molecule has 1 aliphatic carbocycles. The second-order valence-electron chi connectivity index (χ2n) is 6.11. The van der Waals surface area contributed by atoms with Gasteiger partial charge in [0, 0.05) is 5.02 Å². The number of nitrogens with one attached hydrogen (secondary N) is 1. The van der Waals surface area contributed by atoms with E-state index in [1.54, 1.807) is 25.1 Å². The van der Waals surface area contributed by atoms with E-state index in [9.17, 15) is 13.5 Å². The van der Waals surface area contributed by atoms with E-state index in [-0.39, 0.29) is 11.5 Å². The summed E-state index contributed by atoms with van der Waals surface area (Å²) in [5.74, 6) is 0.397. The molecule has 1 aliphatic rings. The van der Waals surface area contributed by atoms with Gasteiger partial charge in [-0.15, -0.1) is 0 Å². The van der Waals surface area contributed by atoms with Gasteiger partial charge in [-0.2, -0.15) is 0 Å². The minimum Gasteiger partial charge on any atom is -0.394 e. The lowest BCUT2D eigenvalue weighted by Crippen LogP contribution is -2.53. The Balaban J connectivity index is 2.33. The van der Waals surface area contributed by atoms with Crippen molar-refractivity contribution in [3.8, 4) is 0 Å². The van der Waals surface area contributed by atoms with Crippen LogP contribution in [0.3, 0.4) is 0 Å². The molecule has 1 aromatic rings. The SMILES string of the molecule is Cc1c(Cl)cccc1S(=O)(=O)NC1(CO)CCCC(C)C1. The van der Waals surface area contributed by atoms with Gasteiger partial charge in [-0.05, 0) is 43.4 Å². The van der Waals surface area contributed by atoms with Crippen molar-refractivity contribution >= 4 is 21.6 Å². The summed E-state index contributed by atoms with van der Waals surface area (Å²) in [4.78, 5) is 0.182. The van der Waals surface area contributed by atoms with Crippen molar-refractivity contribution in [3.05, 3.63) is 28.8 Å². The number of halogens is 1. The van der Waals surface area contributed by atoms with E-state index < -0.39 is 15.6 Å². The molecule has 0 bridgehead atoms. The average molecular weight is 332 g/mol. The molecule has 1 saturated carbocycles. The summed E-state index contributed by atoms with van der Waals surface area (Å²) >= 11 is 6.01. The van der Waals surface area contributed by atoms with Crippen molar-refractivity contribution < 1.29 is 13.5 Å². The summed E-state index contributed by atoms with van der Waals surface area (Å²) in [5.41, 5.74) is -0.228. The number of aliphatic hydroxyl groups is 1. The third-order valence-corrected chi connectivity index (χ3v) is 6.38. The highest BCUT2D eigenvalue weighted by Gasteiger charge is 2.38. The van der Waals surface area contributed by atoms with Crippen LogP contribution in [-0.4, -0.2) is 25.7 Å². The third-order valence-electron chi connectivity index (χ3n) is 4.25. The first-order chi connectivity index (χ1) is 9.80. The molecule has 0 saturated heterocycles. The molecule has 21 heavy (non-hydrogen) atoms. The molecule has 4 nitrogen and oxygen atoms in total. The van der Waals surface area contributed by atoms with Crippen LogP contribution in [0.15, 0.2) is 23.1 Å². The molecule has 0 aliphatic heterocycles. The molecule has 0 amide bonds. The highest BCUT2D eigenvalue weighted by molar-refractivity contribution is 7.89. The van der Waals surface area contributed by atoms with Gasteiger partial charge in [-0.25, -0.2) is 13.1 Å². The summed E-state index contributed by atoms with van der Waals surface area (Å²) in [6.07, 6.45) is 3.30. The first-order valence-electron chi connectivity index (χ1n) is 7.20. The van der Waals surface area contributed by atoms with Crippen LogP contribution in [0.2, 0.25) is 5.02 Å². The minimum atomic E-state index is -3.70. The van der Waals surface area contributed by atoms with Gasteiger partial charge in [0.25, 0.3) is 0 Å². The van der Waals surface area contributed by atoms with Gasteiger partial charge in [-0.1, -0.05) is 37.4 Å². The van der Waals surface area contributed by atoms with Gasteiger partial charge in [0.05, 0.1) is 17.0 Å². The van der Waals surface area contributed by atoms with Crippen LogP contribution in [-0.2, 0) is 10.0 Å². The fraction of sp³-hybridized carbons (Fsp3) is 0.600. The highest BCUT2D eigenvalue weighted by Crippen LogP contribution is 2.34. The number of aliphatic hydroxyl groups excluding tert-OH is 1. The Hall–Kier alpha value is -0.620. The smallest absolute Gasteiger partial charge is 0.241 e. The highest BCUT2D eigenvalue weighted by atomic mass is 35.5. The third kappa shape index (κ3) is 3.59. The fourth-order valence-electron chi connectivity index (χ4n) is 3.15. The molecule has 2 atom stereocenters. The van der Waals surface area contributed by atoms with Gasteiger partial charge in [0.2, 0.25) is 10.0 Å². The molecule has 2 unspecified atom stereocenters. The second-order valence-corrected chi connectivity index (χ2v) is 8.17. The van der Waals surface area contributed by atoms with Gasteiger partial charge in [0.15, 0.2) is 0 Å². The lowest BCUT2D eigenvalue weighted by Gasteiger charge is -2.39. The van der Waals surface area contributed by atoms with Crippen LogP contribution in [0, 0.1) is 12.8 Å². The van der Waals surface area contributed by atoms with Crippen molar-refractivity contribution in [2.24, 2.45) is 5.92 Å². The lowest BCUT2D eigenvalue weighted by molar-refractivity contribution is 0.119. The summed E-state index contributed by atoms with van der Waals surface area (Å²) in [5, 5.41) is 10.2. The zero-order valence-corrected chi connectivity index (χ0v) is 14.0. The summed E-state index contributed by atoms with van der Waals surface area (Å²) < 4.78 is 28.1. The molecule has 1 fully saturated rings. The Morgan fingerprint density at radius 2 is 2.19 bits per heavy atom. The molecular weight excluding hydrogens is 310 g/mol. The number of hydrogen-bond acceptors (Lipinski definition) is 3. The Kier molecular flexibility index (Phi) is 4.98. The molecule has 0 aromatic heterocycles. The predicted octanol–water partition coefficient (Wildman–Crippen LogP) is 2.87. The predicted molar refractivity (Wildman–Crippen MR) is 84.0 cm³/mol. The first kappa shape index (κ1) is 16.7. The van der Waals surface area contributed by atoms with Gasteiger partial charge < -0.3 is 5.11 Å². The Labute approximate surface area is 131 Å². The van der Waals surface area contributed by atoms with Crippen molar-refractivity contribution in [1.82, 2.24) is 4.72 Å². The maximum atomic E-state index is 12.7. The molecule has 0 heterocycles. The van der Waals surface area contributed by atoms with Crippen molar-refractivity contribution in [1.29, 1.82) is 0 Å². The Morgan fingerprint density at radius 3 is 2.81 bits per heavy atom. The normalized spacial score (nSPS) is 26.8.